The van der Waals surface area contributed by atoms with Gasteiger partial charge in [0, 0.05) is 6.54 Å². The number of aryl methyl sites for hydroxylation is 1. The van der Waals surface area contributed by atoms with Crippen LogP contribution >= 0.6 is 0 Å². The minimum Gasteiger partial charge on any atom is -0.496 e. The van der Waals surface area contributed by atoms with Crippen LogP contribution in [0.1, 0.15) is 22.3 Å². The lowest BCUT2D eigenvalue weighted by molar-refractivity contribution is 0.0836. The molecule has 0 N–H and O–H groups in total. The van der Waals surface area contributed by atoms with Crippen molar-refractivity contribution in [1.82, 2.24) is 9.80 Å². The van der Waals surface area contributed by atoms with Crippen molar-refractivity contribution in [3.8, 4) is 5.75 Å². The largest absolute Gasteiger partial charge is 0.496 e. The molecule has 2 rings (SSSR count). The predicted octanol–water partition coefficient (Wildman–Crippen LogP) is 1.82. The number of carbonyl (C=O) groups excluding carboxylic acids is 1. The molecule has 1 aliphatic heterocycles. The molecule has 1 aromatic rings. The van der Waals surface area contributed by atoms with Crippen LogP contribution in [-0.2, 0) is 0 Å². The van der Waals surface area contributed by atoms with Gasteiger partial charge in [0.05, 0.1) is 18.7 Å². The van der Waals surface area contributed by atoms with Gasteiger partial charge in [-0.2, -0.15) is 0 Å². The van der Waals surface area contributed by atoms with Gasteiger partial charge >= 0.3 is 0 Å². The standard InChI is InChI=1S/C16H24N2O2/c1-12-6-7-15(20-4)13(10-12)16(19)14-11-17(2)8-5-9-18(14)3/h6-7,10,14H,5,8-9,11H2,1-4H3. The van der Waals surface area contributed by atoms with E-state index in [2.05, 4.69) is 16.8 Å². The third kappa shape index (κ3) is 3.19. The number of hydrogen-bond donors (Lipinski definition) is 0. The first-order chi connectivity index (χ1) is 9.52. The molecule has 110 valence electrons. The molecule has 0 amide bonds. The lowest BCUT2D eigenvalue weighted by atomic mass is 10.00. The topological polar surface area (TPSA) is 32.8 Å². The third-order valence-corrected chi connectivity index (χ3v) is 3.99. The average Bonchev–Trinajstić information content (AvgIpc) is 2.59. The van der Waals surface area contributed by atoms with E-state index in [1.807, 2.05) is 32.2 Å². The van der Waals surface area contributed by atoms with Gasteiger partial charge < -0.3 is 9.64 Å². The zero-order chi connectivity index (χ0) is 14.7. The summed E-state index contributed by atoms with van der Waals surface area (Å²) in [6.45, 7) is 4.76. The van der Waals surface area contributed by atoms with Crippen molar-refractivity contribution in [3.05, 3.63) is 29.3 Å². The van der Waals surface area contributed by atoms with Crippen LogP contribution in [0.4, 0.5) is 0 Å². The number of methoxy groups -OCH3 is 1. The summed E-state index contributed by atoms with van der Waals surface area (Å²) in [5.74, 6) is 0.822. The maximum atomic E-state index is 12.9. The molecule has 1 saturated heterocycles. The molecular weight excluding hydrogens is 252 g/mol. The Labute approximate surface area is 121 Å². The van der Waals surface area contributed by atoms with Crippen LogP contribution in [0.25, 0.3) is 0 Å². The van der Waals surface area contributed by atoms with Crippen molar-refractivity contribution in [2.75, 3.05) is 40.8 Å². The van der Waals surface area contributed by atoms with Crippen LogP contribution < -0.4 is 4.74 Å². The maximum absolute atomic E-state index is 12.9. The molecule has 0 spiro atoms. The summed E-state index contributed by atoms with van der Waals surface area (Å²) in [6.07, 6.45) is 1.10. The van der Waals surface area contributed by atoms with Gasteiger partial charge in [-0.05, 0) is 52.7 Å². The number of hydrogen-bond acceptors (Lipinski definition) is 4. The van der Waals surface area contributed by atoms with Gasteiger partial charge in [-0.15, -0.1) is 0 Å². The Bertz CT molecular complexity index is 487. The second-order valence-corrected chi connectivity index (χ2v) is 5.68. The van der Waals surface area contributed by atoms with E-state index in [0.717, 1.165) is 31.6 Å². The van der Waals surface area contributed by atoms with Crippen molar-refractivity contribution in [2.45, 2.75) is 19.4 Å². The van der Waals surface area contributed by atoms with E-state index in [0.29, 0.717) is 11.3 Å². The fourth-order valence-corrected chi connectivity index (χ4v) is 2.75. The summed E-state index contributed by atoms with van der Waals surface area (Å²) in [5.41, 5.74) is 1.78. The molecule has 1 aromatic carbocycles. The van der Waals surface area contributed by atoms with Crippen LogP contribution in [0, 0.1) is 6.92 Å². The first-order valence-corrected chi connectivity index (χ1v) is 7.10. The van der Waals surface area contributed by atoms with Crippen LogP contribution in [0.3, 0.4) is 0 Å². The fourth-order valence-electron chi connectivity index (χ4n) is 2.75. The molecule has 1 heterocycles. The van der Waals surface area contributed by atoms with E-state index in [1.165, 1.54) is 0 Å². The molecule has 1 atom stereocenters. The Morgan fingerprint density at radius 1 is 1.30 bits per heavy atom. The van der Waals surface area contributed by atoms with Gasteiger partial charge in [-0.1, -0.05) is 11.6 Å². The van der Waals surface area contributed by atoms with Crippen LogP contribution in [0.2, 0.25) is 0 Å². The van der Waals surface area contributed by atoms with Crippen molar-refractivity contribution >= 4 is 5.78 Å². The van der Waals surface area contributed by atoms with Crippen molar-refractivity contribution in [2.24, 2.45) is 0 Å². The van der Waals surface area contributed by atoms with Crippen LogP contribution in [-0.4, -0.2) is 62.5 Å². The highest BCUT2D eigenvalue weighted by Gasteiger charge is 2.29. The lowest BCUT2D eigenvalue weighted by Crippen LogP contribution is -2.43. The monoisotopic (exact) mass is 276 g/mol. The first-order valence-electron chi connectivity index (χ1n) is 7.10. The van der Waals surface area contributed by atoms with Gasteiger partial charge in [0.1, 0.15) is 5.75 Å². The number of benzene rings is 1. The summed E-state index contributed by atoms with van der Waals surface area (Å²) < 4.78 is 5.35. The van der Waals surface area contributed by atoms with E-state index in [9.17, 15) is 4.79 Å². The molecule has 20 heavy (non-hydrogen) atoms. The second kappa shape index (κ2) is 6.37. The summed E-state index contributed by atoms with van der Waals surface area (Å²) in [5, 5.41) is 0. The number of ether oxygens (including phenoxy) is 1. The maximum Gasteiger partial charge on any atom is 0.184 e. The van der Waals surface area contributed by atoms with Crippen LogP contribution in [0.5, 0.6) is 5.75 Å². The van der Waals surface area contributed by atoms with Crippen molar-refractivity contribution in [1.29, 1.82) is 0 Å². The molecule has 1 aliphatic rings. The van der Waals surface area contributed by atoms with Crippen molar-refractivity contribution in [3.63, 3.8) is 0 Å². The third-order valence-electron chi connectivity index (χ3n) is 3.99. The highest BCUT2D eigenvalue weighted by Crippen LogP contribution is 2.23. The molecule has 0 aliphatic carbocycles. The Balaban J connectivity index is 2.31. The summed E-state index contributed by atoms with van der Waals surface area (Å²) in [4.78, 5) is 17.3. The Hall–Kier alpha value is -1.39. The fraction of sp³-hybridized carbons (Fsp3) is 0.562. The average molecular weight is 276 g/mol. The number of carbonyl (C=O) groups is 1. The van der Waals surface area contributed by atoms with Gasteiger partial charge in [0.15, 0.2) is 5.78 Å². The molecule has 0 saturated carbocycles. The highest BCUT2D eigenvalue weighted by molar-refractivity contribution is 6.02. The zero-order valence-corrected chi connectivity index (χ0v) is 12.8. The second-order valence-electron chi connectivity index (χ2n) is 5.68. The van der Waals surface area contributed by atoms with E-state index in [4.69, 9.17) is 4.74 Å². The highest BCUT2D eigenvalue weighted by atomic mass is 16.5. The quantitative estimate of drug-likeness (QED) is 0.789. The smallest absolute Gasteiger partial charge is 0.184 e. The van der Waals surface area contributed by atoms with Crippen LogP contribution in [0.15, 0.2) is 18.2 Å². The van der Waals surface area contributed by atoms with Crippen molar-refractivity contribution < 1.29 is 9.53 Å². The molecule has 4 heteroatoms. The normalized spacial score (nSPS) is 21.5. The predicted molar refractivity (Wildman–Crippen MR) is 80.6 cm³/mol. The molecule has 0 aromatic heterocycles. The Kier molecular flexibility index (Phi) is 4.78. The molecule has 1 fully saturated rings. The SMILES string of the molecule is COc1ccc(C)cc1C(=O)C1CN(C)CCCN1C. The number of nitrogens with zero attached hydrogens (tertiary/aromatic N) is 2. The van der Waals surface area contributed by atoms with Gasteiger partial charge in [0.25, 0.3) is 0 Å². The zero-order valence-electron chi connectivity index (χ0n) is 12.8. The summed E-state index contributed by atoms with van der Waals surface area (Å²) in [6, 6.07) is 5.68. The minimum absolute atomic E-state index is 0.0989. The van der Waals surface area contributed by atoms with E-state index >= 15 is 0 Å². The molecule has 4 nitrogen and oxygen atoms in total. The van der Waals surface area contributed by atoms with Gasteiger partial charge in [-0.3, -0.25) is 9.69 Å². The van der Waals surface area contributed by atoms with Gasteiger partial charge in [0.2, 0.25) is 0 Å². The minimum atomic E-state index is -0.0989. The number of ketones is 1. The molecule has 0 bridgehead atoms. The summed E-state index contributed by atoms with van der Waals surface area (Å²) in [7, 11) is 5.72. The number of rotatable bonds is 3. The Morgan fingerprint density at radius 3 is 2.75 bits per heavy atom. The van der Waals surface area contributed by atoms with Gasteiger partial charge in [-0.25, -0.2) is 0 Å². The number of Topliss-reactive ketones (excluding diaryl/α,β-unsaturated/α-hetero) is 1. The number of likely N-dealkylation sites (N-methyl/N-ethyl adjacent to an activating group) is 2. The van der Waals surface area contributed by atoms with E-state index in [1.54, 1.807) is 7.11 Å². The summed E-state index contributed by atoms with van der Waals surface area (Å²) >= 11 is 0. The molecule has 0 radical (unpaired) electrons. The van der Waals surface area contributed by atoms with E-state index < -0.39 is 0 Å². The lowest BCUT2D eigenvalue weighted by Gasteiger charge is -2.26. The first kappa shape index (κ1) is 15.0. The van der Waals surface area contributed by atoms with E-state index in [-0.39, 0.29) is 11.8 Å². The molecule has 1 unspecified atom stereocenters. The Morgan fingerprint density at radius 2 is 2.05 bits per heavy atom. The molecular formula is C16H24N2O2.